The molecule has 0 radical (unpaired) electrons. The zero-order valence-corrected chi connectivity index (χ0v) is 14.1. The number of carbonyl (C=O) groups is 2. The van der Waals surface area contributed by atoms with Crippen molar-refractivity contribution < 1.29 is 14.3 Å². The van der Waals surface area contributed by atoms with Crippen molar-refractivity contribution in [3.8, 4) is 11.6 Å². The quantitative estimate of drug-likeness (QED) is 0.713. The molecule has 132 valence electrons. The Balaban J connectivity index is 1.64. The molecule has 7 nitrogen and oxygen atoms in total. The molecule has 0 aliphatic carbocycles. The van der Waals surface area contributed by atoms with Crippen LogP contribution in [0.4, 0.5) is 5.69 Å². The fraction of sp³-hybridized carbons (Fsp3) is 0.105. The van der Waals surface area contributed by atoms with Gasteiger partial charge in [0.2, 0.25) is 11.8 Å². The molecule has 2 aromatic carbocycles. The van der Waals surface area contributed by atoms with Crippen LogP contribution in [0.15, 0.2) is 66.9 Å². The van der Waals surface area contributed by atoms with Crippen LogP contribution >= 0.6 is 0 Å². The molecule has 1 aromatic heterocycles. The minimum absolute atomic E-state index is 0.318. The van der Waals surface area contributed by atoms with Gasteiger partial charge in [-0.05, 0) is 37.3 Å². The number of anilines is 1. The molecule has 1 atom stereocenters. The van der Waals surface area contributed by atoms with Crippen molar-refractivity contribution in [3.05, 3.63) is 72.4 Å². The fourth-order valence-electron chi connectivity index (χ4n) is 2.32. The monoisotopic (exact) mass is 350 g/mol. The van der Waals surface area contributed by atoms with E-state index in [1.165, 1.54) is 6.07 Å². The lowest BCUT2D eigenvalue weighted by atomic mass is 10.2. The standard InChI is InChI=1S/C19H18N4O3/c1-13(19(25)21-15-7-5-6-14(12-15)18(20)24)26-17-10-11-23(22-17)16-8-3-2-4-9-16/h2-13H,1H3,(H2,20,24)(H,21,25)/t13-/m1/s1. The highest BCUT2D eigenvalue weighted by atomic mass is 16.5. The summed E-state index contributed by atoms with van der Waals surface area (Å²) in [5, 5.41) is 6.99. The van der Waals surface area contributed by atoms with Crippen LogP contribution in [-0.2, 0) is 4.79 Å². The van der Waals surface area contributed by atoms with Crippen LogP contribution in [0, 0.1) is 0 Å². The number of nitrogens with zero attached hydrogens (tertiary/aromatic N) is 2. The van der Waals surface area contributed by atoms with Gasteiger partial charge >= 0.3 is 0 Å². The number of carbonyl (C=O) groups excluding carboxylic acids is 2. The first-order valence-electron chi connectivity index (χ1n) is 8.01. The molecule has 0 saturated heterocycles. The summed E-state index contributed by atoms with van der Waals surface area (Å²) in [5.41, 5.74) is 6.92. The number of nitrogens with one attached hydrogen (secondary N) is 1. The normalized spacial score (nSPS) is 11.6. The molecular weight excluding hydrogens is 332 g/mol. The Bertz CT molecular complexity index is 921. The summed E-state index contributed by atoms with van der Waals surface area (Å²) in [6.07, 6.45) is 0.984. The highest BCUT2D eigenvalue weighted by Gasteiger charge is 2.17. The van der Waals surface area contributed by atoms with Gasteiger partial charge in [-0.1, -0.05) is 24.3 Å². The zero-order valence-electron chi connectivity index (χ0n) is 14.1. The minimum Gasteiger partial charge on any atom is -0.463 e. The number of primary amides is 1. The van der Waals surface area contributed by atoms with Gasteiger partial charge in [0.05, 0.1) is 5.69 Å². The van der Waals surface area contributed by atoms with Gasteiger partial charge in [-0.3, -0.25) is 9.59 Å². The van der Waals surface area contributed by atoms with Crippen molar-refractivity contribution in [2.24, 2.45) is 5.73 Å². The van der Waals surface area contributed by atoms with E-state index < -0.39 is 12.0 Å². The van der Waals surface area contributed by atoms with Crippen LogP contribution in [-0.4, -0.2) is 27.7 Å². The molecule has 2 amide bonds. The molecular formula is C19H18N4O3. The summed E-state index contributed by atoms with van der Waals surface area (Å²) in [5.74, 6) is -0.583. The Morgan fingerprint density at radius 2 is 1.88 bits per heavy atom. The molecule has 0 aliphatic rings. The number of rotatable bonds is 6. The van der Waals surface area contributed by atoms with E-state index in [0.29, 0.717) is 17.1 Å². The van der Waals surface area contributed by atoms with Crippen molar-refractivity contribution in [2.75, 3.05) is 5.32 Å². The SMILES string of the molecule is C[C@@H](Oc1ccn(-c2ccccc2)n1)C(=O)Nc1cccc(C(N)=O)c1. The summed E-state index contributed by atoms with van der Waals surface area (Å²) in [6.45, 7) is 1.62. The van der Waals surface area contributed by atoms with E-state index in [0.717, 1.165) is 5.69 Å². The van der Waals surface area contributed by atoms with Gasteiger partial charge in [-0.25, -0.2) is 4.68 Å². The second kappa shape index (κ2) is 7.52. The maximum atomic E-state index is 12.3. The van der Waals surface area contributed by atoms with Crippen LogP contribution < -0.4 is 15.8 Å². The predicted molar refractivity (Wildman–Crippen MR) is 97.2 cm³/mol. The van der Waals surface area contributed by atoms with Gasteiger partial charge in [0.25, 0.3) is 5.91 Å². The first-order valence-corrected chi connectivity index (χ1v) is 8.01. The van der Waals surface area contributed by atoms with Crippen LogP contribution in [0.3, 0.4) is 0 Å². The number of nitrogens with two attached hydrogens (primary N) is 1. The summed E-state index contributed by atoms with van der Waals surface area (Å²) in [7, 11) is 0. The van der Waals surface area contributed by atoms with Gasteiger partial charge < -0.3 is 15.8 Å². The second-order valence-corrected chi connectivity index (χ2v) is 5.63. The molecule has 0 saturated carbocycles. The topological polar surface area (TPSA) is 99.2 Å². The summed E-state index contributed by atoms with van der Waals surface area (Å²) >= 11 is 0. The van der Waals surface area contributed by atoms with Gasteiger partial charge in [-0.2, -0.15) is 0 Å². The summed E-state index contributed by atoms with van der Waals surface area (Å²) < 4.78 is 7.26. The van der Waals surface area contributed by atoms with Gasteiger partial charge in [-0.15, -0.1) is 5.10 Å². The number of aromatic nitrogens is 2. The van der Waals surface area contributed by atoms with E-state index in [1.54, 1.807) is 42.1 Å². The van der Waals surface area contributed by atoms with E-state index in [2.05, 4.69) is 10.4 Å². The molecule has 1 heterocycles. The van der Waals surface area contributed by atoms with Crippen molar-refractivity contribution in [3.63, 3.8) is 0 Å². The maximum absolute atomic E-state index is 12.3. The van der Waals surface area contributed by atoms with Crippen LogP contribution in [0.1, 0.15) is 17.3 Å². The molecule has 7 heteroatoms. The molecule has 3 aromatic rings. The molecule has 0 spiro atoms. The number of para-hydroxylation sites is 1. The predicted octanol–water partition coefficient (Wildman–Crippen LogP) is 2.38. The average molecular weight is 350 g/mol. The van der Waals surface area contributed by atoms with E-state index in [-0.39, 0.29) is 5.91 Å². The lowest BCUT2D eigenvalue weighted by Crippen LogP contribution is -2.30. The molecule has 0 fully saturated rings. The maximum Gasteiger partial charge on any atom is 0.265 e. The third-order valence-corrected chi connectivity index (χ3v) is 3.67. The Morgan fingerprint density at radius 3 is 2.62 bits per heavy atom. The Labute approximate surface area is 150 Å². The largest absolute Gasteiger partial charge is 0.463 e. The van der Waals surface area contributed by atoms with Crippen molar-refractivity contribution in [2.45, 2.75) is 13.0 Å². The first-order chi connectivity index (χ1) is 12.5. The average Bonchev–Trinajstić information content (AvgIpc) is 3.11. The number of amides is 2. The lowest BCUT2D eigenvalue weighted by Gasteiger charge is -2.13. The third kappa shape index (κ3) is 4.07. The van der Waals surface area contributed by atoms with Crippen molar-refractivity contribution >= 4 is 17.5 Å². The number of benzene rings is 2. The van der Waals surface area contributed by atoms with Crippen LogP contribution in [0.2, 0.25) is 0 Å². The Kier molecular flexibility index (Phi) is 4.98. The fourth-order valence-corrected chi connectivity index (χ4v) is 2.32. The number of ether oxygens (including phenoxy) is 1. The minimum atomic E-state index is -0.772. The van der Waals surface area contributed by atoms with E-state index >= 15 is 0 Å². The highest BCUT2D eigenvalue weighted by Crippen LogP contribution is 2.15. The van der Waals surface area contributed by atoms with E-state index in [9.17, 15) is 9.59 Å². The van der Waals surface area contributed by atoms with Gasteiger partial charge in [0.15, 0.2) is 6.10 Å². The number of hydrogen-bond acceptors (Lipinski definition) is 4. The van der Waals surface area contributed by atoms with Crippen LogP contribution in [0.25, 0.3) is 5.69 Å². The molecule has 3 rings (SSSR count). The van der Waals surface area contributed by atoms with Crippen LogP contribution in [0.5, 0.6) is 5.88 Å². The van der Waals surface area contributed by atoms with Crippen molar-refractivity contribution in [1.82, 2.24) is 9.78 Å². The number of hydrogen-bond donors (Lipinski definition) is 2. The summed E-state index contributed by atoms with van der Waals surface area (Å²) in [6, 6.07) is 17.7. The van der Waals surface area contributed by atoms with Gasteiger partial charge in [0.1, 0.15) is 0 Å². The molecule has 3 N–H and O–H groups in total. The van der Waals surface area contributed by atoms with Gasteiger partial charge in [0, 0.05) is 23.5 Å². The molecule has 0 unspecified atom stereocenters. The smallest absolute Gasteiger partial charge is 0.265 e. The molecule has 0 aliphatic heterocycles. The van der Waals surface area contributed by atoms with E-state index in [1.807, 2.05) is 30.3 Å². The summed E-state index contributed by atoms with van der Waals surface area (Å²) in [4.78, 5) is 23.5. The Hall–Kier alpha value is -3.61. The highest BCUT2D eigenvalue weighted by molar-refractivity contribution is 5.97. The second-order valence-electron chi connectivity index (χ2n) is 5.63. The first kappa shape index (κ1) is 17.2. The third-order valence-electron chi connectivity index (χ3n) is 3.67. The molecule has 26 heavy (non-hydrogen) atoms. The zero-order chi connectivity index (χ0) is 18.5. The Morgan fingerprint density at radius 1 is 1.12 bits per heavy atom. The lowest BCUT2D eigenvalue weighted by molar-refractivity contribution is -0.122. The van der Waals surface area contributed by atoms with Crippen molar-refractivity contribution in [1.29, 1.82) is 0 Å². The molecule has 0 bridgehead atoms. The van der Waals surface area contributed by atoms with E-state index in [4.69, 9.17) is 10.5 Å².